The maximum atomic E-state index is 9.36. The predicted molar refractivity (Wildman–Crippen MR) is 58.6 cm³/mol. The summed E-state index contributed by atoms with van der Waals surface area (Å²) in [5.41, 5.74) is 1.18. The zero-order chi connectivity index (χ0) is 10.5. The number of nitrogens with one attached hydrogen (secondary N) is 2. The van der Waals surface area contributed by atoms with Gasteiger partial charge < -0.3 is 15.4 Å². The number of aromatic nitrogens is 2. The Morgan fingerprint density at radius 3 is 2.87 bits per heavy atom. The van der Waals surface area contributed by atoms with Crippen LogP contribution in [0.3, 0.4) is 0 Å². The molecule has 1 aliphatic rings. The second-order valence-electron chi connectivity index (χ2n) is 4.29. The summed E-state index contributed by atoms with van der Waals surface area (Å²) in [6, 6.07) is 0.594. The van der Waals surface area contributed by atoms with Crippen LogP contribution in [0.15, 0.2) is 12.5 Å². The Labute approximate surface area is 90.1 Å². The average Bonchev–Trinajstić information content (AvgIpc) is 2.74. The fourth-order valence-corrected chi connectivity index (χ4v) is 2.11. The Morgan fingerprint density at radius 1 is 1.40 bits per heavy atom. The Balaban J connectivity index is 1.62. The van der Waals surface area contributed by atoms with Gasteiger partial charge in [-0.1, -0.05) is 0 Å². The molecule has 2 rings (SSSR count). The summed E-state index contributed by atoms with van der Waals surface area (Å²) in [5, 5.41) is 12.9. The molecule has 1 aromatic rings. The fourth-order valence-electron chi connectivity index (χ4n) is 2.11. The monoisotopic (exact) mass is 209 g/mol. The molecule has 1 fully saturated rings. The summed E-state index contributed by atoms with van der Waals surface area (Å²) < 4.78 is 0. The van der Waals surface area contributed by atoms with E-state index in [1.807, 2.05) is 6.20 Å². The first kappa shape index (κ1) is 10.6. The molecule has 1 saturated carbocycles. The number of aliphatic hydroxyl groups excluding tert-OH is 1. The lowest BCUT2D eigenvalue weighted by Crippen LogP contribution is -2.35. The molecule has 0 aliphatic heterocycles. The van der Waals surface area contributed by atoms with Crippen molar-refractivity contribution in [2.45, 2.75) is 44.2 Å². The van der Waals surface area contributed by atoms with Gasteiger partial charge in [-0.05, 0) is 25.7 Å². The summed E-state index contributed by atoms with van der Waals surface area (Å²) in [5.74, 6) is 0. The van der Waals surface area contributed by atoms with E-state index in [2.05, 4.69) is 15.3 Å². The molecule has 1 heterocycles. The van der Waals surface area contributed by atoms with Gasteiger partial charge in [0.1, 0.15) is 0 Å². The average molecular weight is 209 g/mol. The smallest absolute Gasteiger partial charge is 0.0921 e. The van der Waals surface area contributed by atoms with Crippen LogP contribution in [0.2, 0.25) is 0 Å². The van der Waals surface area contributed by atoms with Crippen molar-refractivity contribution in [3.05, 3.63) is 18.2 Å². The first-order chi connectivity index (χ1) is 7.34. The van der Waals surface area contributed by atoms with Crippen molar-refractivity contribution in [1.29, 1.82) is 0 Å². The number of aliphatic hydroxyl groups is 1. The van der Waals surface area contributed by atoms with Crippen LogP contribution < -0.4 is 5.32 Å². The third-order valence-electron chi connectivity index (χ3n) is 3.08. The van der Waals surface area contributed by atoms with Crippen LogP contribution in [0, 0.1) is 0 Å². The van der Waals surface area contributed by atoms with Gasteiger partial charge in [0, 0.05) is 30.9 Å². The molecule has 84 valence electrons. The summed E-state index contributed by atoms with van der Waals surface area (Å²) in [6.45, 7) is 0.989. The zero-order valence-corrected chi connectivity index (χ0v) is 8.95. The highest BCUT2D eigenvalue weighted by Crippen LogP contribution is 2.18. The lowest BCUT2D eigenvalue weighted by atomic mass is 9.93. The number of H-pyrrole nitrogens is 1. The van der Waals surface area contributed by atoms with Crippen molar-refractivity contribution in [2.75, 3.05) is 6.54 Å². The van der Waals surface area contributed by atoms with Crippen molar-refractivity contribution in [3.63, 3.8) is 0 Å². The van der Waals surface area contributed by atoms with Crippen LogP contribution in [0.4, 0.5) is 0 Å². The maximum absolute atomic E-state index is 9.36. The highest BCUT2D eigenvalue weighted by molar-refractivity contribution is 4.94. The minimum absolute atomic E-state index is 0.0596. The van der Waals surface area contributed by atoms with Crippen LogP contribution in [0.25, 0.3) is 0 Å². The van der Waals surface area contributed by atoms with Crippen LogP contribution in [-0.2, 0) is 6.42 Å². The molecular formula is C11H19N3O. The maximum Gasteiger partial charge on any atom is 0.0921 e. The number of aromatic amines is 1. The topological polar surface area (TPSA) is 60.9 Å². The number of hydrogen-bond donors (Lipinski definition) is 3. The first-order valence-electron chi connectivity index (χ1n) is 5.73. The largest absolute Gasteiger partial charge is 0.393 e. The molecule has 3 N–H and O–H groups in total. The van der Waals surface area contributed by atoms with Crippen LogP contribution in [-0.4, -0.2) is 33.8 Å². The van der Waals surface area contributed by atoms with E-state index in [9.17, 15) is 5.11 Å². The van der Waals surface area contributed by atoms with Crippen LogP contribution in [0.5, 0.6) is 0 Å². The van der Waals surface area contributed by atoms with Gasteiger partial charge in [0.05, 0.1) is 12.4 Å². The van der Waals surface area contributed by atoms with E-state index in [1.165, 1.54) is 5.69 Å². The molecule has 4 nitrogen and oxygen atoms in total. The summed E-state index contributed by atoms with van der Waals surface area (Å²) in [7, 11) is 0. The molecule has 0 aromatic carbocycles. The lowest BCUT2D eigenvalue weighted by molar-refractivity contribution is 0.117. The van der Waals surface area contributed by atoms with Gasteiger partial charge in [0.2, 0.25) is 0 Å². The molecular weight excluding hydrogens is 190 g/mol. The van der Waals surface area contributed by atoms with E-state index in [1.54, 1.807) is 6.33 Å². The van der Waals surface area contributed by atoms with Crippen molar-refractivity contribution >= 4 is 0 Å². The molecule has 0 unspecified atom stereocenters. The highest BCUT2D eigenvalue weighted by Gasteiger charge is 2.18. The van der Waals surface area contributed by atoms with Gasteiger partial charge in [-0.15, -0.1) is 0 Å². The molecule has 1 aliphatic carbocycles. The van der Waals surface area contributed by atoms with Gasteiger partial charge in [-0.3, -0.25) is 0 Å². The van der Waals surface area contributed by atoms with Crippen LogP contribution >= 0.6 is 0 Å². The highest BCUT2D eigenvalue weighted by atomic mass is 16.3. The number of imidazole rings is 1. The Morgan fingerprint density at radius 2 is 2.20 bits per heavy atom. The predicted octanol–water partition coefficient (Wildman–Crippen LogP) is 0.845. The van der Waals surface area contributed by atoms with E-state index < -0.39 is 0 Å². The number of hydrogen-bond acceptors (Lipinski definition) is 3. The van der Waals surface area contributed by atoms with Crippen molar-refractivity contribution < 1.29 is 5.11 Å². The van der Waals surface area contributed by atoms with E-state index in [0.717, 1.165) is 38.6 Å². The molecule has 0 radical (unpaired) electrons. The minimum Gasteiger partial charge on any atom is -0.393 e. The van der Waals surface area contributed by atoms with Gasteiger partial charge in [0.25, 0.3) is 0 Å². The van der Waals surface area contributed by atoms with Crippen molar-refractivity contribution in [3.8, 4) is 0 Å². The quantitative estimate of drug-likeness (QED) is 0.689. The molecule has 0 bridgehead atoms. The fraction of sp³-hybridized carbons (Fsp3) is 0.727. The molecule has 0 spiro atoms. The molecule has 0 atom stereocenters. The minimum atomic E-state index is -0.0596. The molecule has 0 saturated heterocycles. The Bertz CT molecular complexity index is 265. The second kappa shape index (κ2) is 5.28. The van der Waals surface area contributed by atoms with Crippen molar-refractivity contribution in [2.24, 2.45) is 0 Å². The summed E-state index contributed by atoms with van der Waals surface area (Å²) >= 11 is 0. The van der Waals surface area contributed by atoms with Crippen LogP contribution in [0.1, 0.15) is 31.4 Å². The summed E-state index contributed by atoms with van der Waals surface area (Å²) in [6.07, 6.45) is 8.62. The lowest BCUT2D eigenvalue weighted by Gasteiger charge is -2.26. The van der Waals surface area contributed by atoms with E-state index in [-0.39, 0.29) is 6.10 Å². The Hall–Kier alpha value is -0.870. The van der Waals surface area contributed by atoms with Gasteiger partial charge in [-0.25, -0.2) is 4.98 Å². The van der Waals surface area contributed by atoms with Crippen molar-refractivity contribution in [1.82, 2.24) is 15.3 Å². The van der Waals surface area contributed by atoms with Gasteiger partial charge in [-0.2, -0.15) is 0 Å². The van der Waals surface area contributed by atoms with E-state index >= 15 is 0 Å². The standard InChI is InChI=1S/C11H19N3O/c15-11-3-1-9(2-4-11)13-6-5-10-7-12-8-14-10/h7-9,11,13,15H,1-6H2,(H,12,14). The third kappa shape index (κ3) is 3.32. The normalized spacial score (nSPS) is 26.7. The number of nitrogens with zero attached hydrogens (tertiary/aromatic N) is 1. The molecule has 4 heteroatoms. The SMILES string of the molecule is OC1CCC(NCCc2cnc[nH]2)CC1. The number of rotatable bonds is 4. The van der Waals surface area contributed by atoms with E-state index in [4.69, 9.17) is 0 Å². The molecule has 0 amide bonds. The molecule has 1 aromatic heterocycles. The van der Waals surface area contributed by atoms with Gasteiger partial charge in [0.15, 0.2) is 0 Å². The third-order valence-corrected chi connectivity index (χ3v) is 3.08. The summed E-state index contributed by atoms with van der Waals surface area (Å²) in [4.78, 5) is 7.07. The second-order valence-corrected chi connectivity index (χ2v) is 4.29. The zero-order valence-electron chi connectivity index (χ0n) is 8.95. The molecule has 15 heavy (non-hydrogen) atoms. The van der Waals surface area contributed by atoms with E-state index in [0.29, 0.717) is 6.04 Å². The first-order valence-corrected chi connectivity index (χ1v) is 5.73. The van der Waals surface area contributed by atoms with Gasteiger partial charge >= 0.3 is 0 Å². The Kier molecular flexibility index (Phi) is 3.75.